The third-order valence-electron chi connectivity index (χ3n) is 3.13. The lowest BCUT2D eigenvalue weighted by Crippen LogP contribution is -2.33. The van der Waals surface area contributed by atoms with Crippen molar-refractivity contribution in [3.8, 4) is 0 Å². The van der Waals surface area contributed by atoms with Gasteiger partial charge in [-0.2, -0.15) is 0 Å². The number of halogens is 2. The monoisotopic (exact) mass is 287 g/mol. The molecular formula is C12H15F2N3OS. The van der Waals surface area contributed by atoms with Crippen molar-refractivity contribution in [3.05, 3.63) is 18.3 Å². The summed E-state index contributed by atoms with van der Waals surface area (Å²) in [7, 11) is 0. The van der Waals surface area contributed by atoms with Crippen LogP contribution in [0, 0.1) is 5.92 Å². The highest BCUT2D eigenvalue weighted by molar-refractivity contribution is 7.97. The summed E-state index contributed by atoms with van der Waals surface area (Å²) in [5, 5.41) is 8.57. The van der Waals surface area contributed by atoms with Crippen LogP contribution in [0.2, 0.25) is 0 Å². The number of hydrogen-bond donors (Lipinski definition) is 2. The second kappa shape index (κ2) is 5.83. The van der Waals surface area contributed by atoms with Gasteiger partial charge in [-0.25, -0.2) is 13.8 Å². The molecular weight excluding hydrogens is 272 g/mol. The number of aromatic nitrogens is 1. The van der Waals surface area contributed by atoms with E-state index in [1.807, 2.05) is 0 Å². The maximum Gasteiger partial charge on any atom is 0.248 e. The van der Waals surface area contributed by atoms with Gasteiger partial charge in [-0.05, 0) is 36.9 Å². The number of nitrogens with two attached hydrogens (primary N) is 1. The van der Waals surface area contributed by atoms with Crippen LogP contribution in [0.25, 0.3) is 0 Å². The van der Waals surface area contributed by atoms with Crippen molar-refractivity contribution in [1.29, 1.82) is 0 Å². The molecule has 1 fully saturated rings. The van der Waals surface area contributed by atoms with Gasteiger partial charge in [-0.1, -0.05) is 0 Å². The molecule has 1 aromatic heterocycles. The van der Waals surface area contributed by atoms with Gasteiger partial charge in [-0.3, -0.25) is 9.93 Å². The smallest absolute Gasteiger partial charge is 0.248 e. The minimum absolute atomic E-state index is 0.125. The van der Waals surface area contributed by atoms with Crippen LogP contribution in [-0.4, -0.2) is 16.8 Å². The van der Waals surface area contributed by atoms with Gasteiger partial charge in [0.15, 0.2) is 0 Å². The number of nitrogens with one attached hydrogen (secondary N) is 1. The van der Waals surface area contributed by atoms with Crippen LogP contribution >= 0.6 is 11.9 Å². The average molecular weight is 287 g/mol. The number of nitrogens with zero attached hydrogens (tertiary/aromatic N) is 1. The third kappa shape index (κ3) is 3.87. The average Bonchev–Trinajstić information content (AvgIpc) is 2.37. The van der Waals surface area contributed by atoms with Crippen LogP contribution in [0.3, 0.4) is 0 Å². The number of rotatable bonds is 3. The lowest BCUT2D eigenvalue weighted by atomic mass is 9.86. The second-order valence-electron chi connectivity index (χ2n) is 4.64. The molecule has 0 radical (unpaired) electrons. The Hall–Kier alpha value is -1.21. The number of amides is 1. The first-order valence-corrected chi connectivity index (χ1v) is 6.90. The fourth-order valence-corrected chi connectivity index (χ4v) is 2.51. The molecule has 1 heterocycles. The Morgan fingerprint density at radius 2 is 2.37 bits per heavy atom. The molecule has 0 aliphatic heterocycles. The summed E-state index contributed by atoms with van der Waals surface area (Å²) in [5.41, 5.74) is 0.529. The number of hydrogen-bond acceptors (Lipinski definition) is 4. The standard InChI is InChI=1S/C12H15F2N3OS/c13-12(14)4-1-2-8(7-12)11(18)17-9-3-5-16-10(6-9)19-15/h3,5-6,8H,1-2,4,7,15H2,(H,16,17,18). The maximum atomic E-state index is 13.3. The summed E-state index contributed by atoms with van der Waals surface area (Å²) in [6.07, 6.45) is 1.90. The number of alkyl halides is 2. The molecule has 4 nitrogen and oxygen atoms in total. The van der Waals surface area contributed by atoms with Crippen LogP contribution in [-0.2, 0) is 4.79 Å². The number of anilines is 1. The van der Waals surface area contributed by atoms with E-state index in [-0.39, 0.29) is 18.7 Å². The van der Waals surface area contributed by atoms with Gasteiger partial charge in [0.05, 0.1) is 0 Å². The first kappa shape index (κ1) is 14.2. The van der Waals surface area contributed by atoms with Gasteiger partial charge in [-0.15, -0.1) is 0 Å². The van der Waals surface area contributed by atoms with Gasteiger partial charge in [0.1, 0.15) is 5.03 Å². The predicted molar refractivity (Wildman–Crippen MR) is 69.8 cm³/mol. The van der Waals surface area contributed by atoms with E-state index < -0.39 is 11.8 Å². The molecule has 0 bridgehead atoms. The number of carbonyl (C=O) groups excluding carboxylic acids is 1. The summed E-state index contributed by atoms with van der Waals surface area (Å²) in [5.74, 6) is -3.72. The fraction of sp³-hybridized carbons (Fsp3) is 0.500. The molecule has 1 aliphatic rings. The summed E-state index contributed by atoms with van der Waals surface area (Å²) < 4.78 is 26.5. The molecule has 2 rings (SSSR count). The molecule has 19 heavy (non-hydrogen) atoms. The molecule has 1 aliphatic carbocycles. The van der Waals surface area contributed by atoms with Crippen molar-refractivity contribution in [2.45, 2.75) is 36.6 Å². The van der Waals surface area contributed by atoms with Crippen molar-refractivity contribution in [1.82, 2.24) is 4.98 Å². The van der Waals surface area contributed by atoms with E-state index in [9.17, 15) is 13.6 Å². The van der Waals surface area contributed by atoms with Crippen LogP contribution < -0.4 is 10.5 Å². The summed E-state index contributed by atoms with van der Waals surface area (Å²) in [4.78, 5) is 15.9. The predicted octanol–water partition coefficient (Wildman–Crippen LogP) is 2.81. The quantitative estimate of drug-likeness (QED) is 0.839. The molecule has 1 amide bonds. The Balaban J connectivity index is 2.00. The Morgan fingerprint density at radius 1 is 1.58 bits per heavy atom. The third-order valence-corrected chi connectivity index (χ3v) is 3.60. The molecule has 0 saturated heterocycles. The van der Waals surface area contributed by atoms with Gasteiger partial charge in [0.25, 0.3) is 0 Å². The van der Waals surface area contributed by atoms with Crippen LogP contribution in [0.15, 0.2) is 23.4 Å². The lowest BCUT2D eigenvalue weighted by molar-refractivity contribution is -0.127. The molecule has 104 valence electrons. The zero-order chi connectivity index (χ0) is 13.9. The second-order valence-corrected chi connectivity index (χ2v) is 5.29. The van der Waals surface area contributed by atoms with E-state index in [0.717, 1.165) is 11.9 Å². The molecule has 1 saturated carbocycles. The van der Waals surface area contributed by atoms with Crippen LogP contribution in [0.5, 0.6) is 0 Å². The minimum atomic E-state index is -2.73. The zero-order valence-electron chi connectivity index (χ0n) is 10.2. The highest BCUT2D eigenvalue weighted by Gasteiger charge is 2.39. The summed E-state index contributed by atoms with van der Waals surface area (Å²) >= 11 is 0.963. The zero-order valence-corrected chi connectivity index (χ0v) is 11.1. The Bertz CT molecular complexity index is 470. The fourth-order valence-electron chi connectivity index (χ4n) is 2.19. The first-order valence-electron chi connectivity index (χ1n) is 6.02. The first-order chi connectivity index (χ1) is 9.00. The van der Waals surface area contributed by atoms with E-state index in [1.165, 1.54) is 6.20 Å². The Labute approximate surface area is 114 Å². The SMILES string of the molecule is NSc1cc(NC(=O)C2CCCC(F)(F)C2)ccn1. The molecule has 3 N–H and O–H groups in total. The van der Waals surface area contributed by atoms with Crippen molar-refractivity contribution in [2.24, 2.45) is 11.1 Å². The molecule has 0 aromatic carbocycles. The van der Waals surface area contributed by atoms with Gasteiger partial charge in [0, 0.05) is 30.6 Å². The number of carbonyl (C=O) groups is 1. The molecule has 0 spiro atoms. The summed E-state index contributed by atoms with van der Waals surface area (Å²) in [6.45, 7) is 0. The maximum absolute atomic E-state index is 13.3. The van der Waals surface area contributed by atoms with Crippen molar-refractivity contribution in [2.75, 3.05) is 5.32 Å². The normalized spacial score (nSPS) is 21.9. The van der Waals surface area contributed by atoms with Crippen molar-refractivity contribution in [3.63, 3.8) is 0 Å². The Morgan fingerprint density at radius 3 is 3.05 bits per heavy atom. The Kier molecular flexibility index (Phi) is 4.36. The van der Waals surface area contributed by atoms with Crippen LogP contribution in [0.1, 0.15) is 25.7 Å². The minimum Gasteiger partial charge on any atom is -0.326 e. The van der Waals surface area contributed by atoms with Crippen LogP contribution in [0.4, 0.5) is 14.5 Å². The highest BCUT2D eigenvalue weighted by atomic mass is 32.2. The van der Waals surface area contributed by atoms with E-state index >= 15 is 0 Å². The van der Waals surface area contributed by atoms with Gasteiger partial charge in [0.2, 0.25) is 11.8 Å². The molecule has 1 atom stereocenters. The van der Waals surface area contributed by atoms with Gasteiger partial charge >= 0.3 is 0 Å². The van der Waals surface area contributed by atoms with E-state index in [2.05, 4.69) is 10.3 Å². The van der Waals surface area contributed by atoms with Crippen molar-refractivity contribution < 1.29 is 13.6 Å². The molecule has 1 unspecified atom stereocenters. The summed E-state index contributed by atoms with van der Waals surface area (Å²) in [6, 6.07) is 3.22. The topological polar surface area (TPSA) is 68.0 Å². The van der Waals surface area contributed by atoms with E-state index in [0.29, 0.717) is 23.6 Å². The lowest BCUT2D eigenvalue weighted by Gasteiger charge is -2.27. The largest absolute Gasteiger partial charge is 0.326 e. The molecule has 1 aromatic rings. The van der Waals surface area contributed by atoms with Gasteiger partial charge < -0.3 is 5.32 Å². The van der Waals surface area contributed by atoms with E-state index in [4.69, 9.17) is 5.14 Å². The van der Waals surface area contributed by atoms with E-state index in [1.54, 1.807) is 12.1 Å². The molecule has 7 heteroatoms. The number of pyridine rings is 1. The van der Waals surface area contributed by atoms with Crippen molar-refractivity contribution >= 4 is 23.5 Å². The highest BCUT2D eigenvalue weighted by Crippen LogP contribution is 2.37.